The molecule has 0 aliphatic rings. The van der Waals surface area contributed by atoms with Crippen LogP contribution >= 0.6 is 0 Å². The molecule has 0 unspecified atom stereocenters. The number of ether oxygens (including phenoxy) is 2. The summed E-state index contributed by atoms with van der Waals surface area (Å²) in [5, 5.41) is 2.56. The largest absolute Gasteiger partial charge is 0.459 e. The highest BCUT2D eigenvalue weighted by Crippen LogP contribution is 2.32. The molecule has 3 aromatic rings. The number of benzene rings is 1. The van der Waals surface area contributed by atoms with E-state index in [-0.39, 0.29) is 18.1 Å². The van der Waals surface area contributed by atoms with Crippen molar-refractivity contribution in [3.63, 3.8) is 0 Å². The smallest absolute Gasteiger partial charge is 0.413 e. The van der Waals surface area contributed by atoms with Crippen molar-refractivity contribution in [1.82, 2.24) is 19.4 Å². The number of aryl methyl sites for hydroxylation is 1. The van der Waals surface area contributed by atoms with Gasteiger partial charge in [0, 0.05) is 31.1 Å². The second-order valence-corrected chi connectivity index (χ2v) is 7.61. The average molecular weight is 453 g/mol. The number of fused-ring (bicyclic) bond motifs is 1. The van der Waals surface area contributed by atoms with E-state index in [1.165, 1.54) is 16.8 Å². The highest BCUT2D eigenvalue weighted by atomic mass is 16.5. The molecule has 3 rings (SSSR count). The average Bonchev–Trinajstić information content (AvgIpc) is 3.16. The molecule has 0 saturated carbocycles. The third kappa shape index (κ3) is 5.60. The van der Waals surface area contributed by atoms with E-state index in [0.717, 1.165) is 5.56 Å². The predicted molar refractivity (Wildman–Crippen MR) is 128 cm³/mol. The number of amides is 1. The molecule has 10 heteroatoms. The number of pyridine rings is 1. The number of H-pyrrole nitrogens is 1. The minimum atomic E-state index is -0.626. The first kappa shape index (κ1) is 23.6. The Hall–Kier alpha value is -4.05. The molecule has 0 fully saturated rings. The molecule has 1 amide bonds. The van der Waals surface area contributed by atoms with Gasteiger partial charge in [0.2, 0.25) is 5.95 Å². The normalized spacial score (nSPS) is 11.6. The summed E-state index contributed by atoms with van der Waals surface area (Å²) in [5.74, 6) is 1.05. The SMILES string of the molecule is C=C(O/C(=C\N)CN(C)C)c1cc(-c2ccn(C)c(=O)c2)cc2nc(NC(=O)OCC)[nH]c12. The van der Waals surface area contributed by atoms with Crippen LogP contribution < -0.4 is 16.6 Å². The number of rotatable bonds is 8. The third-order valence-corrected chi connectivity index (χ3v) is 4.74. The van der Waals surface area contributed by atoms with E-state index in [1.54, 1.807) is 20.2 Å². The van der Waals surface area contributed by atoms with Crippen molar-refractivity contribution in [1.29, 1.82) is 0 Å². The van der Waals surface area contributed by atoms with Crippen molar-refractivity contribution in [2.24, 2.45) is 12.8 Å². The minimum absolute atomic E-state index is 0.143. The lowest BCUT2D eigenvalue weighted by atomic mass is 10.0. The van der Waals surface area contributed by atoms with Crippen LogP contribution in [-0.2, 0) is 16.5 Å². The van der Waals surface area contributed by atoms with Crippen molar-refractivity contribution in [2.45, 2.75) is 6.92 Å². The molecule has 0 radical (unpaired) electrons. The molecule has 0 atom stereocenters. The Labute approximate surface area is 191 Å². The Bertz CT molecular complexity index is 1270. The Kier molecular flexibility index (Phi) is 7.19. The molecule has 10 nitrogen and oxygen atoms in total. The molecule has 0 aliphatic heterocycles. The monoisotopic (exact) mass is 452 g/mol. The quantitative estimate of drug-likeness (QED) is 0.449. The van der Waals surface area contributed by atoms with Crippen LogP contribution in [-0.4, -0.2) is 52.8 Å². The van der Waals surface area contributed by atoms with Gasteiger partial charge >= 0.3 is 6.09 Å². The number of carbonyl (C=O) groups is 1. The van der Waals surface area contributed by atoms with Gasteiger partial charge in [0.1, 0.15) is 11.5 Å². The summed E-state index contributed by atoms with van der Waals surface area (Å²) < 4.78 is 12.4. The van der Waals surface area contributed by atoms with Gasteiger partial charge in [0.25, 0.3) is 5.56 Å². The lowest BCUT2D eigenvalue weighted by Crippen LogP contribution is -2.17. The standard InChI is InChI=1S/C23H28N6O4/c1-6-32-23(31)27-22-25-19-10-16(15-7-8-29(5)20(30)11-15)9-18(21(19)26-22)14(2)33-17(12-24)13-28(3)4/h7-12H,2,6,13,24H2,1,3-5H3,(H2,25,26,27,31)/b17-12-. The van der Waals surface area contributed by atoms with Crippen LogP contribution in [0, 0.1) is 0 Å². The zero-order chi connectivity index (χ0) is 24.1. The zero-order valence-electron chi connectivity index (χ0n) is 19.1. The number of nitrogens with two attached hydrogens (primary N) is 1. The van der Waals surface area contributed by atoms with Gasteiger partial charge in [-0.2, -0.15) is 0 Å². The first-order valence-corrected chi connectivity index (χ1v) is 10.3. The predicted octanol–water partition coefficient (Wildman–Crippen LogP) is 2.85. The number of imidazole rings is 1. The number of anilines is 1. The lowest BCUT2D eigenvalue weighted by molar-refractivity contribution is 0.167. The number of carbonyl (C=O) groups excluding carboxylic acids is 1. The molecule has 0 aliphatic carbocycles. The molecule has 0 bridgehead atoms. The van der Waals surface area contributed by atoms with Crippen molar-refractivity contribution in [2.75, 3.05) is 32.6 Å². The number of nitrogens with zero attached hydrogens (tertiary/aromatic N) is 3. The van der Waals surface area contributed by atoms with Gasteiger partial charge in [0.05, 0.1) is 24.2 Å². The zero-order valence-corrected chi connectivity index (χ0v) is 19.1. The van der Waals surface area contributed by atoms with Crippen molar-refractivity contribution >= 4 is 28.8 Å². The summed E-state index contributed by atoms with van der Waals surface area (Å²) >= 11 is 0. The number of nitrogens with one attached hydrogen (secondary N) is 2. The van der Waals surface area contributed by atoms with Gasteiger partial charge in [-0.05, 0) is 50.3 Å². The Morgan fingerprint density at radius 3 is 2.73 bits per heavy atom. The molecule has 174 valence electrons. The molecule has 1 aromatic carbocycles. The second-order valence-electron chi connectivity index (χ2n) is 7.61. The van der Waals surface area contributed by atoms with Crippen LogP contribution in [0.5, 0.6) is 0 Å². The number of aromatic nitrogens is 3. The second kappa shape index (κ2) is 10.0. The summed E-state index contributed by atoms with van der Waals surface area (Å²) in [6.45, 7) is 6.50. The van der Waals surface area contributed by atoms with Crippen LogP contribution in [0.2, 0.25) is 0 Å². The maximum atomic E-state index is 12.2. The summed E-state index contributed by atoms with van der Waals surface area (Å²) in [4.78, 5) is 33.5. The Morgan fingerprint density at radius 2 is 2.09 bits per heavy atom. The molecule has 0 spiro atoms. The Morgan fingerprint density at radius 1 is 1.33 bits per heavy atom. The first-order chi connectivity index (χ1) is 15.7. The van der Waals surface area contributed by atoms with Gasteiger partial charge in [0.15, 0.2) is 0 Å². The highest BCUT2D eigenvalue weighted by Gasteiger charge is 2.17. The maximum Gasteiger partial charge on any atom is 0.413 e. The van der Waals surface area contributed by atoms with Gasteiger partial charge in [-0.15, -0.1) is 0 Å². The molecule has 0 saturated heterocycles. The summed E-state index contributed by atoms with van der Waals surface area (Å²) in [6, 6.07) is 7.02. The highest BCUT2D eigenvalue weighted by molar-refractivity contribution is 5.94. The van der Waals surface area contributed by atoms with Crippen LogP contribution in [0.1, 0.15) is 12.5 Å². The van der Waals surface area contributed by atoms with Gasteiger partial charge in [-0.1, -0.05) is 6.58 Å². The van der Waals surface area contributed by atoms with E-state index >= 15 is 0 Å². The van der Waals surface area contributed by atoms with Crippen molar-refractivity contribution in [3.8, 4) is 11.1 Å². The minimum Gasteiger partial charge on any atom is -0.459 e. The first-order valence-electron chi connectivity index (χ1n) is 10.3. The third-order valence-electron chi connectivity index (χ3n) is 4.74. The molecule has 2 aromatic heterocycles. The fourth-order valence-electron chi connectivity index (χ4n) is 3.19. The Balaban J connectivity index is 2.10. The van der Waals surface area contributed by atoms with E-state index < -0.39 is 6.09 Å². The van der Waals surface area contributed by atoms with Crippen LogP contribution in [0.4, 0.5) is 10.7 Å². The van der Waals surface area contributed by atoms with Crippen LogP contribution in [0.3, 0.4) is 0 Å². The fourth-order valence-corrected chi connectivity index (χ4v) is 3.19. The number of hydrogen-bond acceptors (Lipinski definition) is 7. The van der Waals surface area contributed by atoms with Crippen LogP contribution in [0.25, 0.3) is 27.9 Å². The van der Waals surface area contributed by atoms with Crippen LogP contribution in [0.15, 0.2) is 53.8 Å². The lowest BCUT2D eigenvalue weighted by Gasteiger charge is -2.16. The van der Waals surface area contributed by atoms with Crippen molar-refractivity contribution in [3.05, 3.63) is 64.9 Å². The van der Waals surface area contributed by atoms with Crippen molar-refractivity contribution < 1.29 is 14.3 Å². The van der Waals surface area contributed by atoms with Gasteiger partial charge in [-0.25, -0.2) is 9.78 Å². The number of hydrogen-bond donors (Lipinski definition) is 3. The summed E-state index contributed by atoms with van der Waals surface area (Å²) in [6.07, 6.45) is 2.45. The number of likely N-dealkylation sites (N-methyl/N-ethyl adjacent to an activating group) is 1. The van der Waals surface area contributed by atoms with E-state index in [4.69, 9.17) is 15.2 Å². The molecular weight excluding hydrogens is 424 g/mol. The molecule has 2 heterocycles. The molecular formula is C23H28N6O4. The summed E-state index contributed by atoms with van der Waals surface area (Å²) in [5.41, 5.74) is 8.77. The molecule has 4 N–H and O–H groups in total. The maximum absolute atomic E-state index is 12.2. The topological polar surface area (TPSA) is 128 Å². The van der Waals surface area contributed by atoms with E-state index in [2.05, 4.69) is 21.9 Å². The van der Waals surface area contributed by atoms with Gasteiger partial charge in [-0.3, -0.25) is 10.1 Å². The molecule has 33 heavy (non-hydrogen) atoms. The van der Waals surface area contributed by atoms with E-state index in [9.17, 15) is 9.59 Å². The number of aromatic amines is 1. The summed E-state index contributed by atoms with van der Waals surface area (Å²) in [7, 11) is 5.47. The van der Waals surface area contributed by atoms with Gasteiger partial charge < -0.3 is 29.7 Å². The van der Waals surface area contributed by atoms with E-state index in [0.29, 0.717) is 40.2 Å². The van der Waals surface area contributed by atoms with E-state index in [1.807, 2.05) is 37.2 Å². The fraction of sp³-hybridized carbons (Fsp3) is 0.261.